The molecule has 6 heteroatoms. The molecule has 1 atom stereocenters. The lowest BCUT2D eigenvalue weighted by atomic mass is 9.94. The van der Waals surface area contributed by atoms with Crippen molar-refractivity contribution < 1.29 is 14.7 Å². The fourth-order valence-electron chi connectivity index (χ4n) is 2.49. The third-order valence-electron chi connectivity index (χ3n) is 3.54. The van der Waals surface area contributed by atoms with E-state index < -0.39 is 12.0 Å². The number of carboxylic acid groups (broad SMARTS) is 1. The minimum Gasteiger partial charge on any atom is -0.480 e. The summed E-state index contributed by atoms with van der Waals surface area (Å²) < 4.78 is 0. The van der Waals surface area contributed by atoms with E-state index in [0.29, 0.717) is 13.0 Å². The lowest BCUT2D eigenvalue weighted by Crippen LogP contribution is -2.49. The highest BCUT2D eigenvalue weighted by Gasteiger charge is 2.32. The Morgan fingerprint density at radius 3 is 2.76 bits per heavy atom. The van der Waals surface area contributed by atoms with Crippen LogP contribution in [-0.4, -0.2) is 41.0 Å². The lowest BCUT2D eigenvalue weighted by Gasteiger charge is -2.33. The van der Waals surface area contributed by atoms with Gasteiger partial charge in [0.2, 0.25) is 5.91 Å². The highest BCUT2D eigenvalue weighted by atomic mass is 16.4. The van der Waals surface area contributed by atoms with E-state index in [1.807, 2.05) is 30.3 Å². The Hall–Kier alpha value is -2.39. The average Bonchev–Trinajstić information content (AvgIpc) is 2.46. The van der Waals surface area contributed by atoms with Crippen LogP contribution in [0.2, 0.25) is 0 Å². The third-order valence-corrected chi connectivity index (χ3v) is 3.54. The number of nitrogens with zero attached hydrogens (tertiary/aromatic N) is 2. The summed E-state index contributed by atoms with van der Waals surface area (Å²) in [4.78, 5) is 24.9. The van der Waals surface area contributed by atoms with Gasteiger partial charge in [0.15, 0.2) is 0 Å². The minimum atomic E-state index is -0.922. The number of amides is 1. The first-order valence-electron chi connectivity index (χ1n) is 6.79. The van der Waals surface area contributed by atoms with E-state index in [1.54, 1.807) is 4.90 Å². The summed E-state index contributed by atoms with van der Waals surface area (Å²) in [6.45, 7) is 0.757. The van der Waals surface area contributed by atoms with Gasteiger partial charge in [-0.15, -0.1) is 0 Å². The van der Waals surface area contributed by atoms with Gasteiger partial charge in [-0.25, -0.2) is 0 Å². The first-order chi connectivity index (χ1) is 10.1. The molecule has 0 fully saturated rings. The Kier molecular flexibility index (Phi) is 4.90. The van der Waals surface area contributed by atoms with Crippen LogP contribution in [0.5, 0.6) is 0 Å². The molecule has 1 aliphatic rings. The SMILES string of the molecule is N#CCCNC(=O)CN1Cc2ccccc2CC1C(=O)O. The van der Waals surface area contributed by atoms with Crippen LogP contribution in [0, 0.1) is 11.3 Å². The van der Waals surface area contributed by atoms with Crippen molar-refractivity contribution in [2.45, 2.75) is 25.4 Å². The normalized spacial score (nSPS) is 17.6. The molecular weight excluding hydrogens is 270 g/mol. The molecular formula is C15H17N3O3. The minimum absolute atomic E-state index is 0.0245. The van der Waals surface area contributed by atoms with E-state index in [2.05, 4.69) is 5.32 Å². The van der Waals surface area contributed by atoms with Gasteiger partial charge in [0.25, 0.3) is 0 Å². The molecule has 1 aromatic rings. The maximum Gasteiger partial charge on any atom is 0.321 e. The topological polar surface area (TPSA) is 93.4 Å². The summed E-state index contributed by atoms with van der Waals surface area (Å²) in [5, 5.41) is 20.4. The Labute approximate surface area is 123 Å². The predicted octanol–water partition coefficient (Wildman–Crippen LogP) is 0.528. The first kappa shape index (κ1) is 15.0. The number of carbonyl (C=O) groups excluding carboxylic acids is 1. The first-order valence-corrected chi connectivity index (χ1v) is 6.79. The van der Waals surface area contributed by atoms with Crippen LogP contribution in [0.1, 0.15) is 17.5 Å². The number of nitrogens with one attached hydrogen (secondary N) is 1. The largest absolute Gasteiger partial charge is 0.480 e. The molecule has 2 N–H and O–H groups in total. The van der Waals surface area contributed by atoms with Crippen molar-refractivity contribution in [2.24, 2.45) is 0 Å². The number of hydrogen-bond acceptors (Lipinski definition) is 4. The van der Waals surface area contributed by atoms with Gasteiger partial charge < -0.3 is 10.4 Å². The van der Waals surface area contributed by atoms with Gasteiger partial charge >= 0.3 is 5.97 Å². The molecule has 1 aromatic carbocycles. The maximum absolute atomic E-state index is 11.8. The van der Waals surface area contributed by atoms with Crippen LogP contribution in [0.3, 0.4) is 0 Å². The van der Waals surface area contributed by atoms with Crippen LogP contribution < -0.4 is 5.32 Å². The number of carbonyl (C=O) groups is 2. The molecule has 1 amide bonds. The molecule has 0 saturated carbocycles. The fraction of sp³-hybridized carbons (Fsp3) is 0.400. The molecule has 1 heterocycles. The van der Waals surface area contributed by atoms with Crippen molar-refractivity contribution >= 4 is 11.9 Å². The molecule has 0 saturated heterocycles. The summed E-state index contributed by atoms with van der Waals surface area (Å²) in [6.07, 6.45) is 0.647. The molecule has 2 rings (SSSR count). The summed E-state index contributed by atoms with van der Waals surface area (Å²) in [7, 11) is 0. The molecule has 1 aliphatic heterocycles. The van der Waals surface area contributed by atoms with E-state index in [0.717, 1.165) is 11.1 Å². The summed E-state index contributed by atoms with van der Waals surface area (Å²) in [6, 6.07) is 8.93. The zero-order chi connectivity index (χ0) is 15.2. The van der Waals surface area contributed by atoms with Crippen molar-refractivity contribution in [3.05, 3.63) is 35.4 Å². The Morgan fingerprint density at radius 1 is 1.38 bits per heavy atom. The number of hydrogen-bond donors (Lipinski definition) is 2. The van der Waals surface area contributed by atoms with Gasteiger partial charge in [0, 0.05) is 13.1 Å². The second kappa shape index (κ2) is 6.86. The molecule has 0 aromatic heterocycles. The Morgan fingerprint density at radius 2 is 2.10 bits per heavy atom. The van der Waals surface area contributed by atoms with Gasteiger partial charge in [0.05, 0.1) is 19.0 Å². The average molecular weight is 287 g/mol. The van der Waals surface area contributed by atoms with E-state index in [-0.39, 0.29) is 25.4 Å². The van der Waals surface area contributed by atoms with E-state index in [9.17, 15) is 14.7 Å². The molecule has 6 nitrogen and oxygen atoms in total. The zero-order valence-corrected chi connectivity index (χ0v) is 11.6. The van der Waals surface area contributed by atoms with Crippen LogP contribution in [0.15, 0.2) is 24.3 Å². The van der Waals surface area contributed by atoms with Crippen molar-refractivity contribution in [1.29, 1.82) is 5.26 Å². The van der Waals surface area contributed by atoms with E-state index >= 15 is 0 Å². The van der Waals surface area contributed by atoms with Gasteiger partial charge in [-0.05, 0) is 17.5 Å². The molecule has 0 aliphatic carbocycles. The zero-order valence-electron chi connectivity index (χ0n) is 11.6. The second-order valence-electron chi connectivity index (χ2n) is 4.99. The van der Waals surface area contributed by atoms with Gasteiger partial charge in [0.1, 0.15) is 6.04 Å². The molecule has 0 bridgehead atoms. The van der Waals surface area contributed by atoms with Crippen LogP contribution in [0.25, 0.3) is 0 Å². The Balaban J connectivity index is 2.05. The molecule has 21 heavy (non-hydrogen) atoms. The molecule has 110 valence electrons. The predicted molar refractivity (Wildman–Crippen MR) is 75.2 cm³/mol. The summed E-state index contributed by atoms with van der Waals surface area (Å²) in [5.41, 5.74) is 2.07. The fourth-order valence-corrected chi connectivity index (χ4v) is 2.49. The van der Waals surface area contributed by atoms with E-state index in [1.165, 1.54) is 0 Å². The lowest BCUT2D eigenvalue weighted by molar-refractivity contribution is -0.144. The van der Waals surface area contributed by atoms with E-state index in [4.69, 9.17) is 5.26 Å². The number of fused-ring (bicyclic) bond motifs is 1. The van der Waals surface area contributed by atoms with Crippen molar-refractivity contribution in [3.63, 3.8) is 0 Å². The summed E-state index contributed by atoms with van der Waals surface area (Å²) in [5.74, 6) is -1.18. The van der Waals surface area contributed by atoms with Crippen LogP contribution in [0.4, 0.5) is 0 Å². The summed E-state index contributed by atoms with van der Waals surface area (Å²) >= 11 is 0. The van der Waals surface area contributed by atoms with Crippen molar-refractivity contribution in [2.75, 3.05) is 13.1 Å². The van der Waals surface area contributed by atoms with Gasteiger partial charge in [-0.1, -0.05) is 24.3 Å². The third kappa shape index (κ3) is 3.80. The number of carboxylic acids is 1. The number of aliphatic carboxylic acids is 1. The number of benzene rings is 1. The second-order valence-corrected chi connectivity index (χ2v) is 4.99. The van der Waals surface area contributed by atoms with Crippen LogP contribution >= 0.6 is 0 Å². The number of nitriles is 1. The molecule has 0 radical (unpaired) electrons. The van der Waals surface area contributed by atoms with Gasteiger partial charge in [-0.2, -0.15) is 5.26 Å². The monoisotopic (exact) mass is 287 g/mol. The quantitative estimate of drug-likeness (QED) is 0.770. The smallest absolute Gasteiger partial charge is 0.321 e. The maximum atomic E-state index is 11.8. The molecule has 0 spiro atoms. The standard InChI is InChI=1S/C15H17N3O3/c16-6-3-7-17-14(19)10-18-9-12-5-2-1-4-11(12)8-13(18)15(20)21/h1-2,4-5,13H,3,7-10H2,(H,17,19)(H,20,21). The van der Waals surface area contributed by atoms with Crippen molar-refractivity contribution in [1.82, 2.24) is 10.2 Å². The number of rotatable bonds is 5. The molecule has 1 unspecified atom stereocenters. The van der Waals surface area contributed by atoms with Crippen LogP contribution in [-0.2, 0) is 22.6 Å². The highest BCUT2D eigenvalue weighted by molar-refractivity contribution is 5.80. The van der Waals surface area contributed by atoms with Crippen molar-refractivity contribution in [3.8, 4) is 6.07 Å². The highest BCUT2D eigenvalue weighted by Crippen LogP contribution is 2.23. The van der Waals surface area contributed by atoms with Gasteiger partial charge in [-0.3, -0.25) is 14.5 Å². The Bertz CT molecular complexity index is 580.